The van der Waals surface area contributed by atoms with Crippen molar-refractivity contribution in [2.45, 2.75) is 20.3 Å². The second kappa shape index (κ2) is 6.64. The lowest BCUT2D eigenvalue weighted by Gasteiger charge is -2.20. The molecule has 1 aromatic carbocycles. The molecular weight excluding hydrogens is 222 g/mol. The van der Waals surface area contributed by atoms with Gasteiger partial charge in [-0.1, -0.05) is 0 Å². The summed E-state index contributed by atoms with van der Waals surface area (Å²) in [5.74, 6) is 1.68. The number of halogens is 1. The van der Waals surface area contributed by atoms with Crippen LogP contribution in [-0.4, -0.2) is 26.1 Å². The van der Waals surface area contributed by atoms with Gasteiger partial charge in [0.05, 0.1) is 6.61 Å². The topological polar surface area (TPSA) is 12.5 Å². The number of rotatable bonds is 6. The van der Waals surface area contributed by atoms with Gasteiger partial charge in [-0.2, -0.15) is 0 Å². The van der Waals surface area contributed by atoms with Gasteiger partial charge in [0.15, 0.2) is 0 Å². The SMILES string of the molecule is CCOc1ccc(N(C)CCCCl)cc1C. The summed E-state index contributed by atoms with van der Waals surface area (Å²) in [5, 5.41) is 0. The van der Waals surface area contributed by atoms with Crippen LogP contribution in [0.15, 0.2) is 18.2 Å². The molecule has 0 heterocycles. The largest absolute Gasteiger partial charge is 0.494 e. The molecule has 0 aromatic heterocycles. The van der Waals surface area contributed by atoms with Crippen molar-refractivity contribution in [3.8, 4) is 5.75 Å². The normalized spacial score (nSPS) is 10.2. The van der Waals surface area contributed by atoms with Gasteiger partial charge in [0.25, 0.3) is 0 Å². The number of benzene rings is 1. The van der Waals surface area contributed by atoms with Gasteiger partial charge in [0.1, 0.15) is 5.75 Å². The van der Waals surface area contributed by atoms with Gasteiger partial charge in [-0.15, -0.1) is 11.6 Å². The summed E-state index contributed by atoms with van der Waals surface area (Å²) < 4.78 is 5.51. The van der Waals surface area contributed by atoms with Crippen LogP contribution < -0.4 is 9.64 Å². The van der Waals surface area contributed by atoms with E-state index in [-0.39, 0.29) is 0 Å². The molecule has 16 heavy (non-hydrogen) atoms. The van der Waals surface area contributed by atoms with Gasteiger partial charge < -0.3 is 9.64 Å². The minimum atomic E-state index is 0.709. The highest BCUT2D eigenvalue weighted by Gasteiger charge is 2.04. The standard InChI is InChI=1S/C13H20ClNO/c1-4-16-13-7-6-12(10-11(13)2)15(3)9-5-8-14/h6-7,10H,4-5,8-9H2,1-3H3. The van der Waals surface area contributed by atoms with E-state index >= 15 is 0 Å². The Morgan fingerprint density at radius 3 is 2.69 bits per heavy atom. The Morgan fingerprint density at radius 2 is 2.12 bits per heavy atom. The highest BCUT2D eigenvalue weighted by Crippen LogP contribution is 2.23. The molecule has 0 spiro atoms. The zero-order chi connectivity index (χ0) is 12.0. The summed E-state index contributed by atoms with van der Waals surface area (Å²) in [7, 11) is 2.08. The van der Waals surface area contributed by atoms with Gasteiger partial charge >= 0.3 is 0 Å². The third-order valence-electron chi connectivity index (χ3n) is 2.53. The van der Waals surface area contributed by atoms with Crippen LogP contribution in [-0.2, 0) is 0 Å². The number of ether oxygens (including phenoxy) is 1. The fourth-order valence-electron chi connectivity index (χ4n) is 1.61. The Labute approximate surface area is 103 Å². The smallest absolute Gasteiger partial charge is 0.122 e. The molecule has 0 amide bonds. The maximum atomic E-state index is 5.68. The average molecular weight is 242 g/mol. The van der Waals surface area contributed by atoms with E-state index < -0.39 is 0 Å². The highest BCUT2D eigenvalue weighted by atomic mass is 35.5. The quantitative estimate of drug-likeness (QED) is 0.708. The molecule has 0 fully saturated rings. The van der Waals surface area contributed by atoms with Crippen molar-refractivity contribution in [1.82, 2.24) is 0 Å². The monoisotopic (exact) mass is 241 g/mol. The summed E-state index contributed by atoms with van der Waals surface area (Å²) in [4.78, 5) is 2.21. The Morgan fingerprint density at radius 1 is 1.38 bits per heavy atom. The van der Waals surface area contributed by atoms with E-state index in [9.17, 15) is 0 Å². The van der Waals surface area contributed by atoms with E-state index in [1.807, 2.05) is 13.0 Å². The molecule has 90 valence electrons. The number of hydrogen-bond donors (Lipinski definition) is 0. The second-order valence-corrected chi connectivity index (χ2v) is 4.22. The molecular formula is C13H20ClNO. The number of nitrogens with zero attached hydrogens (tertiary/aromatic N) is 1. The van der Waals surface area contributed by atoms with Crippen molar-refractivity contribution in [1.29, 1.82) is 0 Å². The van der Waals surface area contributed by atoms with Crippen molar-refractivity contribution >= 4 is 17.3 Å². The van der Waals surface area contributed by atoms with Gasteiger partial charge in [0.2, 0.25) is 0 Å². The minimum Gasteiger partial charge on any atom is -0.494 e. The molecule has 0 N–H and O–H groups in total. The minimum absolute atomic E-state index is 0.709. The fraction of sp³-hybridized carbons (Fsp3) is 0.538. The Hall–Kier alpha value is -0.890. The lowest BCUT2D eigenvalue weighted by atomic mass is 10.2. The second-order valence-electron chi connectivity index (χ2n) is 3.85. The predicted molar refractivity (Wildman–Crippen MR) is 71.0 cm³/mol. The first kappa shape index (κ1) is 13.2. The molecule has 1 aromatic rings. The molecule has 0 atom stereocenters. The molecule has 0 aliphatic rings. The van der Waals surface area contributed by atoms with E-state index in [2.05, 4.69) is 31.0 Å². The van der Waals surface area contributed by atoms with Gasteiger partial charge in [0, 0.05) is 25.2 Å². The Kier molecular flexibility index (Phi) is 5.47. The maximum absolute atomic E-state index is 5.68. The fourth-order valence-corrected chi connectivity index (χ4v) is 1.73. The lowest BCUT2D eigenvalue weighted by Crippen LogP contribution is -2.18. The van der Waals surface area contributed by atoms with Crippen LogP contribution in [0.5, 0.6) is 5.75 Å². The van der Waals surface area contributed by atoms with Crippen LogP contribution in [0, 0.1) is 6.92 Å². The molecule has 1 rings (SSSR count). The van der Waals surface area contributed by atoms with Crippen molar-refractivity contribution < 1.29 is 4.74 Å². The van der Waals surface area contributed by atoms with Gasteiger partial charge in [-0.3, -0.25) is 0 Å². The molecule has 0 bridgehead atoms. The molecule has 0 radical (unpaired) electrons. The van der Waals surface area contributed by atoms with E-state index in [4.69, 9.17) is 16.3 Å². The Balaban J connectivity index is 2.71. The molecule has 2 nitrogen and oxygen atoms in total. The summed E-state index contributed by atoms with van der Waals surface area (Å²) in [5.41, 5.74) is 2.39. The first-order valence-corrected chi connectivity index (χ1v) is 6.23. The molecule has 0 unspecified atom stereocenters. The molecule has 0 aliphatic heterocycles. The number of alkyl halides is 1. The number of anilines is 1. The van der Waals surface area contributed by atoms with Gasteiger partial charge in [-0.25, -0.2) is 0 Å². The molecule has 0 saturated carbocycles. The number of hydrogen-bond acceptors (Lipinski definition) is 2. The van der Waals surface area contributed by atoms with Crippen molar-refractivity contribution in [2.24, 2.45) is 0 Å². The van der Waals surface area contributed by atoms with Crippen LogP contribution >= 0.6 is 11.6 Å². The third-order valence-corrected chi connectivity index (χ3v) is 2.79. The van der Waals surface area contributed by atoms with Crippen LogP contribution in [0.3, 0.4) is 0 Å². The summed E-state index contributed by atoms with van der Waals surface area (Å²) in [6.45, 7) is 5.77. The van der Waals surface area contributed by atoms with Crippen LogP contribution in [0.1, 0.15) is 18.9 Å². The maximum Gasteiger partial charge on any atom is 0.122 e. The van der Waals surface area contributed by atoms with Crippen molar-refractivity contribution in [3.05, 3.63) is 23.8 Å². The zero-order valence-corrected chi connectivity index (χ0v) is 11.0. The van der Waals surface area contributed by atoms with Crippen molar-refractivity contribution in [3.63, 3.8) is 0 Å². The first-order valence-electron chi connectivity index (χ1n) is 5.69. The van der Waals surface area contributed by atoms with Crippen molar-refractivity contribution in [2.75, 3.05) is 31.0 Å². The van der Waals surface area contributed by atoms with Gasteiger partial charge in [-0.05, 0) is 44.0 Å². The van der Waals surface area contributed by atoms with E-state index in [1.165, 1.54) is 11.3 Å². The summed E-state index contributed by atoms with van der Waals surface area (Å²) in [6.07, 6.45) is 1.00. The number of aryl methyl sites for hydroxylation is 1. The van der Waals surface area contributed by atoms with E-state index in [1.54, 1.807) is 0 Å². The molecule has 3 heteroatoms. The average Bonchev–Trinajstić information content (AvgIpc) is 2.29. The summed E-state index contributed by atoms with van der Waals surface area (Å²) >= 11 is 5.68. The first-order chi connectivity index (χ1) is 7.69. The third kappa shape index (κ3) is 3.60. The Bertz CT molecular complexity index is 328. The zero-order valence-electron chi connectivity index (χ0n) is 10.3. The van der Waals surface area contributed by atoms with E-state index in [0.29, 0.717) is 12.5 Å². The predicted octanol–water partition coefficient (Wildman–Crippen LogP) is 3.46. The van der Waals surface area contributed by atoms with Crippen LogP contribution in [0.2, 0.25) is 0 Å². The molecule has 0 saturated heterocycles. The van der Waals surface area contributed by atoms with Crippen LogP contribution in [0.4, 0.5) is 5.69 Å². The highest BCUT2D eigenvalue weighted by molar-refractivity contribution is 6.17. The molecule has 0 aliphatic carbocycles. The van der Waals surface area contributed by atoms with Crippen LogP contribution in [0.25, 0.3) is 0 Å². The van der Waals surface area contributed by atoms with E-state index in [0.717, 1.165) is 18.7 Å². The lowest BCUT2D eigenvalue weighted by molar-refractivity contribution is 0.338. The summed E-state index contributed by atoms with van der Waals surface area (Å²) in [6, 6.07) is 6.27.